The van der Waals surface area contributed by atoms with Gasteiger partial charge in [-0.15, -0.1) is 0 Å². The Hall–Kier alpha value is -1.58. The van der Waals surface area contributed by atoms with Crippen molar-refractivity contribution in [2.24, 2.45) is 5.14 Å². The second-order valence-electron chi connectivity index (χ2n) is 4.89. The van der Waals surface area contributed by atoms with Crippen LogP contribution in [0.1, 0.15) is 10.4 Å². The van der Waals surface area contributed by atoms with Gasteiger partial charge in [-0.1, -0.05) is 0 Å². The van der Waals surface area contributed by atoms with Crippen LogP contribution in [0.2, 0.25) is 0 Å². The van der Waals surface area contributed by atoms with Crippen LogP contribution in [0.3, 0.4) is 0 Å². The van der Waals surface area contributed by atoms with E-state index in [1.807, 2.05) is 4.90 Å². The van der Waals surface area contributed by atoms with Crippen LogP contribution in [0.4, 0.5) is 4.39 Å². The van der Waals surface area contributed by atoms with Crippen LogP contribution in [0.25, 0.3) is 0 Å². The summed E-state index contributed by atoms with van der Waals surface area (Å²) in [5, 5.41) is 4.96. The van der Waals surface area contributed by atoms with Gasteiger partial charge in [0.2, 0.25) is 10.0 Å². The third-order valence-corrected chi connectivity index (χ3v) is 4.05. The lowest BCUT2D eigenvalue weighted by Crippen LogP contribution is -2.49. The van der Waals surface area contributed by atoms with Crippen LogP contribution in [0.15, 0.2) is 18.5 Å². The zero-order valence-electron chi connectivity index (χ0n) is 11.4. The molecule has 1 aliphatic rings. The molecule has 0 bridgehead atoms. The quantitative estimate of drug-likeness (QED) is 0.790. The van der Waals surface area contributed by atoms with Gasteiger partial charge in [0, 0.05) is 38.9 Å². The molecule has 2 rings (SSSR count). The molecule has 2 N–H and O–H groups in total. The summed E-state index contributed by atoms with van der Waals surface area (Å²) < 4.78 is 34.9. The first kappa shape index (κ1) is 15.8. The highest BCUT2D eigenvalue weighted by molar-refractivity contribution is 7.89. The average Bonchev–Trinajstić information content (AvgIpc) is 2.44. The lowest BCUT2D eigenvalue weighted by atomic mass is 10.2. The van der Waals surface area contributed by atoms with E-state index in [9.17, 15) is 17.6 Å². The molecule has 1 aromatic heterocycles. The first-order chi connectivity index (χ1) is 9.85. The van der Waals surface area contributed by atoms with Crippen molar-refractivity contribution >= 4 is 15.9 Å². The summed E-state index contributed by atoms with van der Waals surface area (Å²) in [6, 6.07) is 1.16. The number of hydrogen-bond donors (Lipinski definition) is 1. The van der Waals surface area contributed by atoms with Crippen molar-refractivity contribution in [2.75, 3.05) is 38.5 Å². The molecule has 21 heavy (non-hydrogen) atoms. The molecule has 0 atom stereocenters. The molecule has 0 unspecified atom stereocenters. The van der Waals surface area contributed by atoms with Crippen molar-refractivity contribution in [1.82, 2.24) is 14.8 Å². The van der Waals surface area contributed by atoms with Crippen molar-refractivity contribution in [2.45, 2.75) is 0 Å². The predicted octanol–water partition coefficient (Wildman–Crippen LogP) is -0.733. The van der Waals surface area contributed by atoms with Crippen LogP contribution in [-0.2, 0) is 10.0 Å². The molecule has 0 spiro atoms. The first-order valence-electron chi connectivity index (χ1n) is 6.48. The van der Waals surface area contributed by atoms with Gasteiger partial charge >= 0.3 is 0 Å². The standard InChI is InChI=1S/C12H17FN4O3S/c13-11-7-10(8-15-9-11)12(18)17-3-1-16(2-4-17)5-6-21(14,19)20/h7-9H,1-6H2,(H2,14,19,20). The summed E-state index contributed by atoms with van der Waals surface area (Å²) in [7, 11) is -3.47. The number of piperazine rings is 1. The number of halogens is 1. The minimum Gasteiger partial charge on any atom is -0.336 e. The summed E-state index contributed by atoms with van der Waals surface area (Å²) in [6.07, 6.45) is 2.38. The van der Waals surface area contributed by atoms with Gasteiger partial charge in [-0.05, 0) is 6.07 Å². The average molecular weight is 316 g/mol. The predicted molar refractivity (Wildman–Crippen MR) is 74.5 cm³/mol. The van der Waals surface area contributed by atoms with E-state index in [0.717, 1.165) is 12.3 Å². The van der Waals surface area contributed by atoms with Gasteiger partial charge in [0.05, 0.1) is 17.5 Å². The van der Waals surface area contributed by atoms with Gasteiger partial charge in [0.1, 0.15) is 5.82 Å². The number of nitrogens with two attached hydrogens (primary N) is 1. The number of rotatable bonds is 4. The highest BCUT2D eigenvalue weighted by atomic mass is 32.2. The molecule has 1 aromatic rings. The molecule has 0 saturated carbocycles. The fourth-order valence-corrected chi connectivity index (χ4v) is 2.65. The highest BCUT2D eigenvalue weighted by Crippen LogP contribution is 2.09. The lowest BCUT2D eigenvalue weighted by Gasteiger charge is -2.34. The van der Waals surface area contributed by atoms with E-state index in [-0.39, 0.29) is 17.2 Å². The summed E-state index contributed by atoms with van der Waals surface area (Å²) in [4.78, 5) is 19.3. The number of aromatic nitrogens is 1. The van der Waals surface area contributed by atoms with Crippen molar-refractivity contribution in [3.63, 3.8) is 0 Å². The molecule has 1 aliphatic heterocycles. The number of nitrogens with zero attached hydrogens (tertiary/aromatic N) is 3. The van der Waals surface area contributed by atoms with E-state index in [4.69, 9.17) is 5.14 Å². The van der Waals surface area contributed by atoms with Gasteiger partial charge in [-0.2, -0.15) is 0 Å². The summed E-state index contributed by atoms with van der Waals surface area (Å²) in [5.74, 6) is -0.921. The molecule has 7 nitrogen and oxygen atoms in total. The number of sulfonamides is 1. The van der Waals surface area contributed by atoms with Gasteiger partial charge < -0.3 is 4.90 Å². The monoisotopic (exact) mass is 316 g/mol. The minimum atomic E-state index is -3.47. The largest absolute Gasteiger partial charge is 0.336 e. The van der Waals surface area contributed by atoms with Crippen LogP contribution in [0.5, 0.6) is 0 Å². The topological polar surface area (TPSA) is 96.6 Å². The summed E-state index contributed by atoms with van der Waals surface area (Å²) in [6.45, 7) is 2.39. The molecule has 1 amide bonds. The van der Waals surface area contributed by atoms with Gasteiger partial charge in [-0.3, -0.25) is 14.7 Å². The highest BCUT2D eigenvalue weighted by Gasteiger charge is 2.23. The molecule has 1 saturated heterocycles. The molecule has 0 radical (unpaired) electrons. The van der Waals surface area contributed by atoms with Crippen molar-refractivity contribution in [1.29, 1.82) is 0 Å². The number of hydrogen-bond acceptors (Lipinski definition) is 5. The van der Waals surface area contributed by atoms with E-state index in [2.05, 4.69) is 4.98 Å². The Bertz CT molecular complexity index is 615. The Labute approximate surface area is 122 Å². The van der Waals surface area contributed by atoms with Crippen molar-refractivity contribution in [3.05, 3.63) is 29.8 Å². The van der Waals surface area contributed by atoms with Crippen LogP contribution in [-0.4, -0.2) is 67.6 Å². The maximum Gasteiger partial charge on any atom is 0.255 e. The summed E-state index contributed by atoms with van der Waals surface area (Å²) >= 11 is 0. The number of carbonyl (C=O) groups is 1. The molecule has 1 fully saturated rings. The number of primary sulfonamides is 1. The third-order valence-electron chi connectivity index (χ3n) is 3.30. The zero-order valence-corrected chi connectivity index (χ0v) is 12.2. The summed E-state index contributed by atoms with van der Waals surface area (Å²) in [5.41, 5.74) is 0.216. The first-order valence-corrected chi connectivity index (χ1v) is 8.19. The Morgan fingerprint density at radius 3 is 2.52 bits per heavy atom. The molecule has 2 heterocycles. The van der Waals surface area contributed by atoms with Crippen molar-refractivity contribution < 1.29 is 17.6 Å². The molecule has 9 heteroatoms. The molecule has 0 aliphatic carbocycles. The Balaban J connectivity index is 1.87. The third kappa shape index (κ3) is 4.73. The maximum atomic E-state index is 13.1. The van der Waals surface area contributed by atoms with E-state index in [1.54, 1.807) is 4.90 Å². The number of pyridine rings is 1. The lowest BCUT2D eigenvalue weighted by molar-refractivity contribution is 0.0643. The Morgan fingerprint density at radius 2 is 1.95 bits per heavy atom. The van der Waals surface area contributed by atoms with E-state index in [1.165, 1.54) is 6.20 Å². The van der Waals surface area contributed by atoms with E-state index in [0.29, 0.717) is 32.7 Å². The minimum absolute atomic E-state index is 0.102. The fraction of sp³-hybridized carbons (Fsp3) is 0.500. The van der Waals surface area contributed by atoms with Crippen LogP contribution >= 0.6 is 0 Å². The smallest absolute Gasteiger partial charge is 0.255 e. The zero-order chi connectivity index (χ0) is 15.5. The van der Waals surface area contributed by atoms with E-state index >= 15 is 0 Å². The van der Waals surface area contributed by atoms with Crippen molar-refractivity contribution in [3.8, 4) is 0 Å². The van der Waals surface area contributed by atoms with Gasteiger partial charge in [0.25, 0.3) is 5.91 Å². The molecular weight excluding hydrogens is 299 g/mol. The Morgan fingerprint density at radius 1 is 1.29 bits per heavy atom. The normalized spacial score (nSPS) is 17.0. The maximum absolute atomic E-state index is 13.1. The van der Waals surface area contributed by atoms with Crippen LogP contribution in [0, 0.1) is 5.82 Å². The molecule has 0 aromatic carbocycles. The van der Waals surface area contributed by atoms with E-state index < -0.39 is 15.8 Å². The molecule has 116 valence electrons. The second kappa shape index (κ2) is 6.46. The SMILES string of the molecule is NS(=O)(=O)CCN1CCN(C(=O)c2cncc(F)c2)CC1. The molecular formula is C12H17FN4O3S. The second-order valence-corrected chi connectivity index (χ2v) is 6.63. The van der Waals surface area contributed by atoms with Gasteiger partial charge in [0.15, 0.2) is 0 Å². The van der Waals surface area contributed by atoms with Gasteiger partial charge in [-0.25, -0.2) is 17.9 Å². The van der Waals surface area contributed by atoms with Crippen LogP contribution < -0.4 is 5.14 Å². The fourth-order valence-electron chi connectivity index (χ4n) is 2.14. The number of carbonyl (C=O) groups excluding carboxylic acids is 1. The number of amides is 1. The Kier molecular flexibility index (Phi) is 4.86.